The Morgan fingerprint density at radius 2 is 2.00 bits per heavy atom. The zero-order valence-electron chi connectivity index (χ0n) is 17.7. The number of likely N-dealkylation sites (tertiary alicyclic amines) is 1. The molecule has 1 aliphatic carbocycles. The van der Waals surface area contributed by atoms with E-state index < -0.39 is 0 Å². The molecule has 0 aromatic heterocycles. The summed E-state index contributed by atoms with van der Waals surface area (Å²) in [5.41, 5.74) is 1.40. The summed E-state index contributed by atoms with van der Waals surface area (Å²) in [6, 6.07) is 11.4. The van der Waals surface area contributed by atoms with Crippen LogP contribution in [0.15, 0.2) is 35.3 Å². The molecule has 0 radical (unpaired) electrons. The molecule has 3 rings (SSSR count). The minimum absolute atomic E-state index is 0.422. The predicted octanol–water partition coefficient (Wildman–Crippen LogP) is 3.41. The van der Waals surface area contributed by atoms with Crippen molar-refractivity contribution in [3.05, 3.63) is 35.9 Å². The molecule has 0 bridgehead atoms. The van der Waals surface area contributed by atoms with Gasteiger partial charge >= 0.3 is 0 Å². The van der Waals surface area contributed by atoms with E-state index in [1.54, 1.807) is 0 Å². The van der Waals surface area contributed by atoms with Crippen molar-refractivity contribution in [3.8, 4) is 0 Å². The topological polar surface area (TPSA) is 48.9 Å². The van der Waals surface area contributed by atoms with Crippen LogP contribution in [-0.4, -0.2) is 56.3 Å². The lowest BCUT2D eigenvalue weighted by Crippen LogP contribution is -2.40. The first kappa shape index (κ1) is 21.1. The Hall–Kier alpha value is -1.59. The molecule has 1 aromatic carbocycles. The second-order valence-corrected chi connectivity index (χ2v) is 8.22. The molecule has 1 aliphatic heterocycles. The van der Waals surface area contributed by atoms with Crippen LogP contribution in [0.5, 0.6) is 0 Å². The van der Waals surface area contributed by atoms with Gasteiger partial charge in [-0.3, -0.25) is 9.89 Å². The van der Waals surface area contributed by atoms with E-state index in [1.807, 2.05) is 7.05 Å². The van der Waals surface area contributed by atoms with Crippen LogP contribution in [0.4, 0.5) is 0 Å². The number of nitrogens with zero attached hydrogens (tertiary/aromatic N) is 2. The minimum atomic E-state index is 0.422. The molecule has 2 unspecified atom stereocenters. The number of nitrogens with one attached hydrogen (secondary N) is 2. The molecule has 2 N–H and O–H groups in total. The van der Waals surface area contributed by atoms with Crippen molar-refractivity contribution in [2.75, 3.05) is 33.3 Å². The third kappa shape index (κ3) is 7.10. The predicted molar refractivity (Wildman–Crippen MR) is 117 cm³/mol. The van der Waals surface area contributed by atoms with Crippen molar-refractivity contribution >= 4 is 5.96 Å². The van der Waals surface area contributed by atoms with Crippen molar-refractivity contribution in [2.45, 2.75) is 64.1 Å². The first-order chi connectivity index (χ1) is 13.8. The summed E-state index contributed by atoms with van der Waals surface area (Å²) >= 11 is 0. The van der Waals surface area contributed by atoms with Gasteiger partial charge in [-0.15, -0.1) is 0 Å². The summed E-state index contributed by atoms with van der Waals surface area (Å²) < 4.78 is 6.11. The summed E-state index contributed by atoms with van der Waals surface area (Å²) in [6.45, 7) is 7.33. The maximum atomic E-state index is 6.11. The lowest BCUT2D eigenvalue weighted by molar-refractivity contribution is 0.00534. The average molecular weight is 387 g/mol. The van der Waals surface area contributed by atoms with Crippen molar-refractivity contribution in [1.29, 1.82) is 0 Å². The number of hydrogen-bond acceptors (Lipinski definition) is 3. The van der Waals surface area contributed by atoms with E-state index >= 15 is 0 Å². The van der Waals surface area contributed by atoms with E-state index in [4.69, 9.17) is 4.74 Å². The fourth-order valence-corrected chi connectivity index (χ4v) is 4.09. The van der Waals surface area contributed by atoms with Crippen LogP contribution >= 0.6 is 0 Å². The lowest BCUT2D eigenvalue weighted by Gasteiger charge is -2.32. The van der Waals surface area contributed by atoms with E-state index in [0.717, 1.165) is 63.9 Å². The highest BCUT2D eigenvalue weighted by molar-refractivity contribution is 5.80. The number of aliphatic imine (C=N–C) groups is 1. The molecular weight excluding hydrogens is 348 g/mol. The maximum Gasteiger partial charge on any atom is 0.191 e. The second-order valence-electron chi connectivity index (χ2n) is 8.22. The minimum Gasteiger partial charge on any atom is -0.378 e. The van der Waals surface area contributed by atoms with Gasteiger partial charge in [-0.2, -0.15) is 0 Å². The van der Waals surface area contributed by atoms with Crippen LogP contribution in [0, 0.1) is 5.92 Å². The van der Waals surface area contributed by atoms with Crippen LogP contribution in [0.1, 0.15) is 51.0 Å². The third-order valence-electron chi connectivity index (χ3n) is 5.88. The Morgan fingerprint density at radius 1 is 1.21 bits per heavy atom. The molecule has 2 aliphatic rings. The van der Waals surface area contributed by atoms with E-state index in [-0.39, 0.29) is 0 Å². The first-order valence-corrected chi connectivity index (χ1v) is 11.1. The molecule has 2 atom stereocenters. The maximum absolute atomic E-state index is 6.11. The van der Waals surface area contributed by atoms with Gasteiger partial charge in [0.05, 0.1) is 6.10 Å². The Morgan fingerprint density at radius 3 is 2.71 bits per heavy atom. The third-order valence-corrected chi connectivity index (χ3v) is 5.88. The first-order valence-electron chi connectivity index (χ1n) is 11.1. The van der Waals surface area contributed by atoms with E-state index in [2.05, 4.69) is 57.8 Å². The van der Waals surface area contributed by atoms with Crippen molar-refractivity contribution < 1.29 is 4.74 Å². The summed E-state index contributed by atoms with van der Waals surface area (Å²) in [5, 5.41) is 6.96. The van der Waals surface area contributed by atoms with E-state index in [9.17, 15) is 0 Å². The number of rotatable bonds is 10. The molecule has 0 spiro atoms. The van der Waals surface area contributed by atoms with Gasteiger partial charge in [-0.05, 0) is 43.6 Å². The Labute approximate surface area is 170 Å². The van der Waals surface area contributed by atoms with Crippen LogP contribution in [-0.2, 0) is 11.3 Å². The highest BCUT2D eigenvalue weighted by atomic mass is 16.5. The zero-order chi connectivity index (χ0) is 19.6. The normalized spacial score (nSPS) is 23.6. The van der Waals surface area contributed by atoms with Crippen molar-refractivity contribution in [1.82, 2.24) is 15.5 Å². The Bertz CT molecular complexity index is 584. The highest BCUT2D eigenvalue weighted by Gasteiger charge is 2.36. The summed E-state index contributed by atoms with van der Waals surface area (Å²) in [4.78, 5) is 6.88. The Balaban J connectivity index is 1.21. The van der Waals surface area contributed by atoms with Crippen LogP contribution in [0.3, 0.4) is 0 Å². The number of guanidine groups is 1. The molecule has 0 amide bonds. The fraction of sp³-hybridized carbons (Fsp3) is 0.696. The molecule has 1 saturated heterocycles. The summed E-state index contributed by atoms with van der Waals surface area (Å²) in [7, 11) is 1.85. The quantitative estimate of drug-likeness (QED) is 0.368. The van der Waals surface area contributed by atoms with Gasteiger partial charge in [0, 0.05) is 45.9 Å². The highest BCUT2D eigenvalue weighted by Crippen LogP contribution is 2.34. The SMILES string of the molecule is CCCC1CC1NC(=NC)NCCCOC1CCN(Cc2ccccc2)CC1. The molecule has 156 valence electrons. The van der Waals surface area contributed by atoms with Crippen molar-refractivity contribution in [3.63, 3.8) is 0 Å². The monoisotopic (exact) mass is 386 g/mol. The molecule has 5 nitrogen and oxygen atoms in total. The van der Waals surface area contributed by atoms with Gasteiger partial charge in [0.2, 0.25) is 0 Å². The fourth-order valence-electron chi connectivity index (χ4n) is 4.09. The standard InChI is InChI=1S/C23H38N4O/c1-3-8-20-17-22(20)26-23(24-2)25-13-7-16-28-21-11-14-27(15-12-21)18-19-9-5-4-6-10-19/h4-6,9-10,20-22H,3,7-8,11-18H2,1-2H3,(H2,24,25,26). The molecule has 2 fully saturated rings. The van der Waals surface area contributed by atoms with Gasteiger partial charge in [0.15, 0.2) is 5.96 Å². The van der Waals surface area contributed by atoms with Gasteiger partial charge in [0.25, 0.3) is 0 Å². The van der Waals surface area contributed by atoms with Crippen LogP contribution < -0.4 is 10.6 Å². The number of piperidine rings is 1. The average Bonchev–Trinajstić information content (AvgIpc) is 3.46. The second kappa shape index (κ2) is 11.4. The van der Waals surface area contributed by atoms with Crippen LogP contribution in [0.2, 0.25) is 0 Å². The summed E-state index contributed by atoms with van der Waals surface area (Å²) in [5.74, 6) is 1.79. The molecule has 5 heteroatoms. The number of ether oxygens (including phenoxy) is 1. The molecule has 28 heavy (non-hydrogen) atoms. The van der Waals surface area contributed by atoms with Gasteiger partial charge in [0.1, 0.15) is 0 Å². The summed E-state index contributed by atoms with van der Waals surface area (Å²) in [6.07, 6.45) is 7.62. The largest absolute Gasteiger partial charge is 0.378 e. The molecule has 1 saturated carbocycles. The van der Waals surface area contributed by atoms with Crippen LogP contribution in [0.25, 0.3) is 0 Å². The van der Waals surface area contributed by atoms with Gasteiger partial charge in [-0.1, -0.05) is 43.7 Å². The van der Waals surface area contributed by atoms with E-state index in [1.165, 1.54) is 24.8 Å². The van der Waals surface area contributed by atoms with Gasteiger partial charge < -0.3 is 15.4 Å². The molecular formula is C23H38N4O. The smallest absolute Gasteiger partial charge is 0.191 e. The lowest BCUT2D eigenvalue weighted by atomic mass is 10.1. The molecule has 1 heterocycles. The molecule has 1 aromatic rings. The van der Waals surface area contributed by atoms with Gasteiger partial charge in [-0.25, -0.2) is 0 Å². The van der Waals surface area contributed by atoms with Crippen molar-refractivity contribution in [2.24, 2.45) is 10.9 Å². The van der Waals surface area contributed by atoms with E-state index in [0.29, 0.717) is 12.1 Å². The Kier molecular flexibility index (Phi) is 8.62. The number of benzene rings is 1. The zero-order valence-corrected chi connectivity index (χ0v) is 17.7. The number of hydrogen-bond donors (Lipinski definition) is 2.